The maximum atomic E-state index is 12.4. The number of hydrogen-bond acceptors (Lipinski definition) is 7. The third-order valence-corrected chi connectivity index (χ3v) is 7.77. The van der Waals surface area contributed by atoms with Crippen molar-refractivity contribution in [2.24, 2.45) is 15.9 Å². The molecule has 3 saturated heterocycles. The largest absolute Gasteiger partial charge is 0.347 e. The van der Waals surface area contributed by atoms with Gasteiger partial charge in [0.25, 0.3) is 5.91 Å². The molecule has 9 heteroatoms. The lowest BCUT2D eigenvalue weighted by atomic mass is 9.86. The highest BCUT2D eigenvalue weighted by atomic mass is 16.2. The van der Waals surface area contributed by atoms with Gasteiger partial charge < -0.3 is 16.0 Å². The molecule has 0 aromatic carbocycles. The van der Waals surface area contributed by atoms with E-state index in [4.69, 9.17) is 4.99 Å². The minimum atomic E-state index is -0.0581. The lowest BCUT2D eigenvalue weighted by Crippen LogP contribution is -2.53. The van der Waals surface area contributed by atoms with Crippen molar-refractivity contribution >= 4 is 23.7 Å². The van der Waals surface area contributed by atoms with Crippen molar-refractivity contribution in [1.82, 2.24) is 25.8 Å². The number of carbonyl (C=O) groups is 2. The molecule has 3 fully saturated rings. The number of rotatable bonds is 6. The summed E-state index contributed by atoms with van der Waals surface area (Å²) >= 11 is 0. The van der Waals surface area contributed by atoms with Gasteiger partial charge >= 0.3 is 0 Å². The van der Waals surface area contributed by atoms with Crippen molar-refractivity contribution in [1.29, 1.82) is 0 Å². The Balaban J connectivity index is 1.07. The van der Waals surface area contributed by atoms with Crippen LogP contribution in [-0.2, 0) is 9.59 Å². The van der Waals surface area contributed by atoms with Crippen molar-refractivity contribution < 1.29 is 9.59 Å². The molecule has 0 aromatic heterocycles. The molecule has 5 rings (SSSR count). The van der Waals surface area contributed by atoms with Gasteiger partial charge in [0, 0.05) is 63.5 Å². The summed E-state index contributed by atoms with van der Waals surface area (Å²) in [6.07, 6.45) is 11.0. The minimum Gasteiger partial charge on any atom is -0.347 e. The number of hydrogen-bond donors (Lipinski definition) is 3. The van der Waals surface area contributed by atoms with Crippen molar-refractivity contribution in [3.05, 3.63) is 23.8 Å². The summed E-state index contributed by atoms with van der Waals surface area (Å²) in [6.45, 7) is 9.30. The van der Waals surface area contributed by atoms with E-state index in [1.54, 1.807) is 0 Å². The molecule has 5 aliphatic heterocycles. The molecular weight excluding hydrogens is 430 g/mol. The van der Waals surface area contributed by atoms with Gasteiger partial charge in [-0.2, -0.15) is 0 Å². The molecule has 184 valence electrons. The molecule has 0 radical (unpaired) electrons. The van der Waals surface area contributed by atoms with Crippen LogP contribution in [0, 0.1) is 5.92 Å². The van der Waals surface area contributed by atoms with Gasteiger partial charge in [0.1, 0.15) is 5.71 Å². The van der Waals surface area contributed by atoms with Crippen molar-refractivity contribution in [3.8, 4) is 0 Å². The monoisotopic (exact) mass is 467 g/mol. The average Bonchev–Trinajstić information content (AvgIpc) is 3.37. The second-order valence-corrected chi connectivity index (χ2v) is 10.1. The zero-order chi connectivity index (χ0) is 23.5. The summed E-state index contributed by atoms with van der Waals surface area (Å²) in [5.41, 5.74) is 1.74. The zero-order valence-corrected chi connectivity index (χ0v) is 20.1. The van der Waals surface area contributed by atoms with Gasteiger partial charge in [-0.25, -0.2) is 0 Å². The number of nitrogens with zero attached hydrogens (tertiary/aromatic N) is 4. The van der Waals surface area contributed by atoms with Gasteiger partial charge in [0.05, 0.1) is 18.6 Å². The van der Waals surface area contributed by atoms with Crippen LogP contribution in [0.5, 0.6) is 0 Å². The number of fused-ring (bicyclic) bond motifs is 1. The topological polar surface area (TPSA) is 101 Å². The molecule has 5 aliphatic rings. The molecule has 3 N–H and O–H groups in total. The average molecular weight is 468 g/mol. The number of carbonyl (C=O) groups excluding carboxylic acids is 2. The number of nitrogens with one attached hydrogen (secondary N) is 3. The molecule has 5 atom stereocenters. The van der Waals surface area contributed by atoms with Gasteiger partial charge in [-0.15, -0.1) is 0 Å². The van der Waals surface area contributed by atoms with Crippen LogP contribution in [0.3, 0.4) is 0 Å². The molecule has 9 nitrogen and oxygen atoms in total. The lowest BCUT2D eigenvalue weighted by molar-refractivity contribution is -0.127. The first kappa shape index (κ1) is 23.4. The van der Waals surface area contributed by atoms with E-state index in [2.05, 4.69) is 49.8 Å². The van der Waals surface area contributed by atoms with E-state index in [9.17, 15) is 9.59 Å². The summed E-state index contributed by atoms with van der Waals surface area (Å²) in [6, 6.07) is 0.695. The van der Waals surface area contributed by atoms with Crippen LogP contribution < -0.4 is 16.0 Å². The van der Waals surface area contributed by atoms with E-state index >= 15 is 0 Å². The van der Waals surface area contributed by atoms with E-state index in [0.29, 0.717) is 12.3 Å². The molecule has 4 unspecified atom stereocenters. The normalized spacial score (nSPS) is 34.3. The Bertz CT molecular complexity index is 897. The minimum absolute atomic E-state index is 0.0400. The summed E-state index contributed by atoms with van der Waals surface area (Å²) in [5.74, 6) is 0.205. The van der Waals surface area contributed by atoms with Crippen LogP contribution >= 0.6 is 0 Å². The van der Waals surface area contributed by atoms with E-state index in [0.717, 1.165) is 65.1 Å². The van der Waals surface area contributed by atoms with Crippen LogP contribution in [0.15, 0.2) is 33.8 Å². The molecule has 34 heavy (non-hydrogen) atoms. The fourth-order valence-electron chi connectivity index (χ4n) is 5.58. The first-order valence-electron chi connectivity index (χ1n) is 12.8. The lowest BCUT2D eigenvalue weighted by Gasteiger charge is -2.39. The number of aliphatic imine (C=N–C) groups is 2. The van der Waals surface area contributed by atoms with Gasteiger partial charge in [0.2, 0.25) is 5.91 Å². The summed E-state index contributed by atoms with van der Waals surface area (Å²) < 4.78 is 0. The Morgan fingerprint density at radius 1 is 1.26 bits per heavy atom. The number of amides is 2. The Morgan fingerprint density at radius 3 is 2.82 bits per heavy atom. The second kappa shape index (κ2) is 10.5. The Morgan fingerprint density at radius 2 is 2.12 bits per heavy atom. The first-order valence-corrected chi connectivity index (χ1v) is 12.8. The van der Waals surface area contributed by atoms with Crippen molar-refractivity contribution in [3.63, 3.8) is 0 Å². The van der Waals surface area contributed by atoms with Crippen LogP contribution in [0.4, 0.5) is 0 Å². The van der Waals surface area contributed by atoms with Crippen LogP contribution in [-0.4, -0.2) is 110 Å². The quantitative estimate of drug-likeness (QED) is 0.500. The van der Waals surface area contributed by atoms with Gasteiger partial charge in [-0.3, -0.25) is 29.4 Å². The van der Waals surface area contributed by atoms with E-state index in [1.165, 1.54) is 5.57 Å². The zero-order valence-electron chi connectivity index (χ0n) is 20.1. The predicted octanol–water partition coefficient (Wildman–Crippen LogP) is -0.244. The Labute approximate surface area is 201 Å². The maximum Gasteiger partial charge on any atom is 0.269 e. The highest BCUT2D eigenvalue weighted by Gasteiger charge is 2.35. The molecular formula is C25H37N7O2. The third kappa shape index (κ3) is 5.31. The van der Waals surface area contributed by atoms with Gasteiger partial charge in [-0.05, 0) is 37.5 Å². The standard InChI is InChI=1S/C25H37N7O2/c1-2-18-12-22-23(30-24(18)33)11-17(13-27-22)16-31-7-9-32(10-8-31)20-3-4-21(28-15-20)25(34)29-19-5-6-26-14-19/h3-4,11,13,18-20,22-23,26H,2,5-10,12,14-16H2,1H3,(H,29,34)(H,30,33)/t18?,19-,20?,22?,23?/m1/s1. The molecule has 0 aromatic rings. The molecule has 2 amide bonds. The highest BCUT2D eigenvalue weighted by molar-refractivity contribution is 6.43. The molecule has 5 heterocycles. The fourth-order valence-corrected chi connectivity index (χ4v) is 5.58. The number of piperidine rings is 1. The molecule has 0 spiro atoms. The first-order chi connectivity index (χ1) is 16.6. The predicted molar refractivity (Wildman–Crippen MR) is 133 cm³/mol. The van der Waals surface area contributed by atoms with Gasteiger partial charge in [0.15, 0.2) is 0 Å². The molecule has 0 saturated carbocycles. The second-order valence-electron chi connectivity index (χ2n) is 10.1. The van der Waals surface area contributed by atoms with Crippen molar-refractivity contribution in [2.45, 2.75) is 50.4 Å². The van der Waals surface area contributed by atoms with Gasteiger partial charge in [-0.1, -0.05) is 19.1 Å². The SMILES string of the molecule is CCC1CC2N=CC(CN3CCN(C4C=CC(C(=O)N[C@@H]5CCNC5)=NC4)CC3)=CC2NC1=O. The van der Waals surface area contributed by atoms with E-state index in [-0.39, 0.29) is 41.9 Å². The Kier molecular flexibility index (Phi) is 7.22. The number of piperazine rings is 1. The summed E-state index contributed by atoms with van der Waals surface area (Å²) in [5, 5.41) is 9.50. The summed E-state index contributed by atoms with van der Waals surface area (Å²) in [4.78, 5) is 38.9. The van der Waals surface area contributed by atoms with Crippen LogP contribution in [0.1, 0.15) is 26.2 Å². The molecule has 0 bridgehead atoms. The Hall–Kier alpha value is -2.36. The fraction of sp³-hybridized carbons (Fsp3) is 0.680. The third-order valence-electron chi connectivity index (χ3n) is 7.77. The van der Waals surface area contributed by atoms with Crippen LogP contribution in [0.25, 0.3) is 0 Å². The molecule has 0 aliphatic carbocycles. The summed E-state index contributed by atoms with van der Waals surface area (Å²) in [7, 11) is 0. The van der Waals surface area contributed by atoms with E-state index < -0.39 is 0 Å². The van der Waals surface area contributed by atoms with Crippen LogP contribution in [0.2, 0.25) is 0 Å². The maximum absolute atomic E-state index is 12.4. The number of dihydropyridines is 2. The van der Waals surface area contributed by atoms with E-state index in [1.807, 2.05) is 12.3 Å². The highest BCUT2D eigenvalue weighted by Crippen LogP contribution is 2.25. The van der Waals surface area contributed by atoms with Crippen molar-refractivity contribution in [2.75, 3.05) is 52.4 Å². The smallest absolute Gasteiger partial charge is 0.269 e.